The summed E-state index contributed by atoms with van der Waals surface area (Å²) < 4.78 is 0. The lowest BCUT2D eigenvalue weighted by molar-refractivity contribution is -0.0209. The van der Waals surface area contributed by atoms with Gasteiger partial charge in [0.1, 0.15) is 0 Å². The second kappa shape index (κ2) is 4.59. The summed E-state index contributed by atoms with van der Waals surface area (Å²) in [5.74, 6) is 7.36. The van der Waals surface area contributed by atoms with Crippen molar-refractivity contribution in [2.24, 2.45) is 41.4 Å². The largest absolute Gasteiger partial charge is 0.0622 e. The highest BCUT2D eigenvalue weighted by atomic mass is 14.5. The third-order valence-corrected chi connectivity index (χ3v) is 6.93. The lowest BCUT2D eigenvalue weighted by Crippen LogP contribution is -2.43. The third kappa shape index (κ3) is 2.06. The molecular weight excluding hydrogens is 204 g/mol. The van der Waals surface area contributed by atoms with Gasteiger partial charge in [0.05, 0.1) is 0 Å². The molecule has 0 aromatic carbocycles. The van der Waals surface area contributed by atoms with Gasteiger partial charge in [-0.05, 0) is 60.7 Å². The van der Waals surface area contributed by atoms with E-state index in [2.05, 4.69) is 20.8 Å². The Morgan fingerprint density at radius 1 is 0.647 bits per heavy atom. The van der Waals surface area contributed by atoms with Crippen molar-refractivity contribution < 1.29 is 0 Å². The summed E-state index contributed by atoms with van der Waals surface area (Å²) in [5.41, 5.74) is 0. The number of fused-ring (bicyclic) bond motifs is 2. The zero-order chi connectivity index (χ0) is 12.0. The summed E-state index contributed by atoms with van der Waals surface area (Å²) in [7, 11) is 0. The first kappa shape index (κ1) is 12.1. The molecule has 3 fully saturated rings. The SMILES string of the molecule is CC1CC2C[C@H]3CCCC[C@H]3CC2C(C)C1C. The monoisotopic (exact) mass is 234 g/mol. The van der Waals surface area contributed by atoms with Gasteiger partial charge in [0.25, 0.3) is 0 Å². The Hall–Kier alpha value is 0. The van der Waals surface area contributed by atoms with Gasteiger partial charge in [-0.3, -0.25) is 0 Å². The van der Waals surface area contributed by atoms with E-state index in [1.165, 1.54) is 12.8 Å². The van der Waals surface area contributed by atoms with E-state index >= 15 is 0 Å². The summed E-state index contributed by atoms with van der Waals surface area (Å²) in [6.07, 6.45) is 10.9. The van der Waals surface area contributed by atoms with Gasteiger partial charge >= 0.3 is 0 Å². The van der Waals surface area contributed by atoms with E-state index in [-0.39, 0.29) is 0 Å². The van der Waals surface area contributed by atoms with Crippen LogP contribution in [-0.4, -0.2) is 0 Å². The minimum Gasteiger partial charge on any atom is -0.0622 e. The molecule has 0 radical (unpaired) electrons. The molecule has 0 aliphatic heterocycles. The molecular formula is C17H30. The molecule has 0 aromatic heterocycles. The van der Waals surface area contributed by atoms with Crippen LogP contribution in [0.2, 0.25) is 0 Å². The molecule has 3 aliphatic carbocycles. The molecule has 17 heavy (non-hydrogen) atoms. The topological polar surface area (TPSA) is 0 Å². The van der Waals surface area contributed by atoms with Gasteiger partial charge in [-0.25, -0.2) is 0 Å². The fourth-order valence-corrected chi connectivity index (χ4v) is 5.53. The van der Waals surface area contributed by atoms with E-state index < -0.39 is 0 Å². The number of hydrogen-bond donors (Lipinski definition) is 0. The molecule has 0 bridgehead atoms. The highest BCUT2D eigenvalue weighted by molar-refractivity contribution is 4.94. The van der Waals surface area contributed by atoms with E-state index in [0.29, 0.717) is 0 Å². The van der Waals surface area contributed by atoms with Crippen LogP contribution in [0.4, 0.5) is 0 Å². The van der Waals surface area contributed by atoms with Crippen molar-refractivity contribution in [3.8, 4) is 0 Å². The standard InChI is InChI=1S/C17H30/c1-11-8-16-9-14-6-4-5-7-15(14)10-17(16)13(3)12(11)2/h11-17H,4-10H2,1-3H3/t11?,12?,13?,14-,15+,16?,17?/m1/s1. The molecule has 0 nitrogen and oxygen atoms in total. The Labute approximate surface area is 108 Å². The predicted molar refractivity (Wildman–Crippen MR) is 73.8 cm³/mol. The first-order valence-corrected chi connectivity index (χ1v) is 8.16. The molecule has 7 atom stereocenters. The minimum absolute atomic E-state index is 0.969. The third-order valence-electron chi connectivity index (χ3n) is 6.93. The molecule has 0 saturated heterocycles. The Morgan fingerprint density at radius 2 is 1.29 bits per heavy atom. The molecule has 3 rings (SSSR count). The summed E-state index contributed by atoms with van der Waals surface area (Å²) in [6.45, 7) is 7.57. The van der Waals surface area contributed by atoms with Crippen LogP contribution in [0.3, 0.4) is 0 Å². The molecule has 0 amide bonds. The van der Waals surface area contributed by atoms with E-state index in [9.17, 15) is 0 Å². The molecule has 98 valence electrons. The van der Waals surface area contributed by atoms with E-state index in [1.54, 1.807) is 32.1 Å². The van der Waals surface area contributed by atoms with E-state index in [0.717, 1.165) is 41.4 Å². The van der Waals surface area contributed by atoms with Crippen molar-refractivity contribution >= 4 is 0 Å². The highest BCUT2D eigenvalue weighted by Gasteiger charge is 2.45. The average molecular weight is 234 g/mol. The Balaban J connectivity index is 1.74. The maximum absolute atomic E-state index is 2.56. The van der Waals surface area contributed by atoms with Crippen molar-refractivity contribution in [1.29, 1.82) is 0 Å². The van der Waals surface area contributed by atoms with Crippen LogP contribution < -0.4 is 0 Å². The molecule has 0 spiro atoms. The van der Waals surface area contributed by atoms with Crippen molar-refractivity contribution in [2.45, 2.75) is 65.7 Å². The van der Waals surface area contributed by atoms with Gasteiger partial charge in [-0.2, -0.15) is 0 Å². The molecule has 0 aromatic rings. The van der Waals surface area contributed by atoms with Crippen LogP contribution in [0.25, 0.3) is 0 Å². The van der Waals surface area contributed by atoms with Crippen LogP contribution >= 0.6 is 0 Å². The quantitative estimate of drug-likeness (QED) is 0.545. The van der Waals surface area contributed by atoms with Crippen LogP contribution in [-0.2, 0) is 0 Å². The number of rotatable bonds is 0. The van der Waals surface area contributed by atoms with Crippen LogP contribution in [0.15, 0.2) is 0 Å². The molecule has 0 N–H and O–H groups in total. The lowest BCUT2D eigenvalue weighted by Gasteiger charge is -2.52. The summed E-state index contributed by atoms with van der Waals surface area (Å²) >= 11 is 0. The van der Waals surface area contributed by atoms with Gasteiger partial charge in [0.2, 0.25) is 0 Å². The normalized spacial score (nSPS) is 54.9. The van der Waals surface area contributed by atoms with Crippen LogP contribution in [0.1, 0.15) is 65.7 Å². The highest BCUT2D eigenvalue weighted by Crippen LogP contribution is 2.54. The zero-order valence-electron chi connectivity index (χ0n) is 12.0. The van der Waals surface area contributed by atoms with Crippen molar-refractivity contribution in [3.05, 3.63) is 0 Å². The second-order valence-electron chi connectivity index (χ2n) is 7.63. The summed E-state index contributed by atoms with van der Waals surface area (Å²) in [5, 5.41) is 0. The molecule has 0 heterocycles. The summed E-state index contributed by atoms with van der Waals surface area (Å²) in [6, 6.07) is 0. The van der Waals surface area contributed by atoms with Crippen molar-refractivity contribution in [2.75, 3.05) is 0 Å². The Morgan fingerprint density at radius 3 is 2.00 bits per heavy atom. The number of hydrogen-bond acceptors (Lipinski definition) is 0. The smallest absolute Gasteiger partial charge is 0.0354 e. The minimum atomic E-state index is 0.969. The van der Waals surface area contributed by atoms with E-state index in [1.807, 2.05) is 0 Å². The molecule has 5 unspecified atom stereocenters. The average Bonchev–Trinajstić information content (AvgIpc) is 2.34. The molecule has 0 heteroatoms. The van der Waals surface area contributed by atoms with Crippen LogP contribution in [0, 0.1) is 41.4 Å². The van der Waals surface area contributed by atoms with Crippen LogP contribution in [0.5, 0.6) is 0 Å². The predicted octanol–water partition coefficient (Wildman–Crippen LogP) is 5.13. The first-order chi connectivity index (χ1) is 8.16. The van der Waals surface area contributed by atoms with Gasteiger partial charge in [-0.1, -0.05) is 46.5 Å². The molecule has 3 aliphatic rings. The van der Waals surface area contributed by atoms with Crippen molar-refractivity contribution in [3.63, 3.8) is 0 Å². The van der Waals surface area contributed by atoms with Crippen molar-refractivity contribution in [1.82, 2.24) is 0 Å². The second-order valence-corrected chi connectivity index (χ2v) is 7.63. The maximum atomic E-state index is 2.56. The van der Waals surface area contributed by atoms with Gasteiger partial charge < -0.3 is 0 Å². The zero-order valence-corrected chi connectivity index (χ0v) is 12.0. The summed E-state index contributed by atoms with van der Waals surface area (Å²) in [4.78, 5) is 0. The fourth-order valence-electron chi connectivity index (χ4n) is 5.53. The van der Waals surface area contributed by atoms with Gasteiger partial charge in [0, 0.05) is 0 Å². The maximum Gasteiger partial charge on any atom is -0.0354 e. The lowest BCUT2D eigenvalue weighted by atomic mass is 9.54. The van der Waals surface area contributed by atoms with Gasteiger partial charge in [-0.15, -0.1) is 0 Å². The Bertz CT molecular complexity index is 269. The Kier molecular flexibility index (Phi) is 3.26. The van der Waals surface area contributed by atoms with E-state index in [4.69, 9.17) is 0 Å². The fraction of sp³-hybridized carbons (Fsp3) is 1.00. The first-order valence-electron chi connectivity index (χ1n) is 8.16. The molecule has 3 saturated carbocycles. The van der Waals surface area contributed by atoms with Gasteiger partial charge in [0.15, 0.2) is 0 Å².